The summed E-state index contributed by atoms with van der Waals surface area (Å²) in [7, 11) is 0. The molecule has 3 heteroatoms. The van der Waals surface area contributed by atoms with Crippen molar-refractivity contribution in [3.8, 4) is 22.4 Å². The Bertz CT molecular complexity index is 1240. The predicted octanol–water partition coefficient (Wildman–Crippen LogP) is 6.97. The van der Waals surface area contributed by atoms with E-state index in [-0.39, 0.29) is 0 Å². The van der Waals surface area contributed by atoms with E-state index in [0.29, 0.717) is 5.02 Å². The third kappa shape index (κ3) is 2.39. The van der Waals surface area contributed by atoms with Gasteiger partial charge in [0.15, 0.2) is 5.58 Å². The van der Waals surface area contributed by atoms with E-state index in [1.54, 1.807) is 0 Å². The lowest BCUT2D eigenvalue weighted by Crippen LogP contribution is -1.88. The highest BCUT2D eigenvalue weighted by molar-refractivity contribution is 6.33. The lowest BCUT2D eigenvalue weighted by atomic mass is 10.0. The van der Waals surface area contributed by atoms with E-state index in [1.165, 1.54) is 0 Å². The Morgan fingerprint density at radius 3 is 2.31 bits per heavy atom. The van der Waals surface area contributed by atoms with E-state index >= 15 is 0 Å². The molecular weight excluding hydrogens is 342 g/mol. The maximum atomic E-state index is 6.44. The van der Waals surface area contributed by atoms with Crippen LogP contribution in [-0.4, -0.2) is 4.98 Å². The van der Waals surface area contributed by atoms with Gasteiger partial charge in [0.2, 0.25) is 0 Å². The van der Waals surface area contributed by atoms with Crippen LogP contribution >= 0.6 is 11.6 Å². The van der Waals surface area contributed by atoms with Gasteiger partial charge in [-0.25, -0.2) is 4.98 Å². The van der Waals surface area contributed by atoms with Crippen molar-refractivity contribution in [2.24, 2.45) is 0 Å². The largest absolute Gasteiger partial charge is 0.454 e. The summed E-state index contributed by atoms with van der Waals surface area (Å²) in [6, 6.07) is 28.1. The lowest BCUT2D eigenvalue weighted by Gasteiger charge is -2.08. The summed E-state index contributed by atoms with van der Waals surface area (Å²) < 4.78 is 6.16. The first-order valence-corrected chi connectivity index (χ1v) is 8.82. The van der Waals surface area contributed by atoms with Crippen LogP contribution in [0.25, 0.3) is 44.5 Å². The van der Waals surface area contributed by atoms with Crippen molar-refractivity contribution in [3.63, 3.8) is 0 Å². The maximum absolute atomic E-state index is 6.44. The van der Waals surface area contributed by atoms with Gasteiger partial charge in [-0.05, 0) is 29.8 Å². The number of hydrogen-bond donors (Lipinski definition) is 0. The van der Waals surface area contributed by atoms with E-state index in [1.807, 2.05) is 66.7 Å². The van der Waals surface area contributed by atoms with Gasteiger partial charge in [-0.1, -0.05) is 72.3 Å². The molecule has 0 aliphatic carbocycles. The van der Waals surface area contributed by atoms with Crippen molar-refractivity contribution >= 4 is 33.7 Å². The number of fused-ring (bicyclic) bond motifs is 3. The minimum atomic E-state index is 0.686. The van der Waals surface area contributed by atoms with Crippen LogP contribution in [0.5, 0.6) is 0 Å². The molecule has 0 aliphatic rings. The number of para-hydroxylation sites is 1. The molecule has 0 N–H and O–H groups in total. The summed E-state index contributed by atoms with van der Waals surface area (Å²) in [4.78, 5) is 4.90. The smallest absolute Gasteiger partial charge is 0.161 e. The molecule has 0 aliphatic heterocycles. The summed E-state index contributed by atoms with van der Waals surface area (Å²) in [6.07, 6.45) is 0. The van der Waals surface area contributed by atoms with Crippen LogP contribution in [0.4, 0.5) is 0 Å². The summed E-state index contributed by atoms with van der Waals surface area (Å²) in [5.74, 6) is 0. The summed E-state index contributed by atoms with van der Waals surface area (Å²) in [5, 5.41) is 1.69. The second kappa shape index (κ2) is 6.01. The molecule has 0 bridgehead atoms. The van der Waals surface area contributed by atoms with Crippen LogP contribution in [-0.2, 0) is 0 Å². The third-order valence-corrected chi connectivity index (χ3v) is 4.89. The molecule has 2 heterocycles. The van der Waals surface area contributed by atoms with Crippen LogP contribution < -0.4 is 0 Å². The molecule has 0 fully saturated rings. The number of benzene rings is 3. The minimum Gasteiger partial charge on any atom is -0.454 e. The summed E-state index contributed by atoms with van der Waals surface area (Å²) >= 11 is 6.44. The number of nitrogens with zero attached hydrogens (tertiary/aromatic N) is 1. The van der Waals surface area contributed by atoms with E-state index in [2.05, 4.69) is 18.2 Å². The molecular formula is C23H14ClNO. The average molecular weight is 356 g/mol. The maximum Gasteiger partial charge on any atom is 0.161 e. The molecule has 26 heavy (non-hydrogen) atoms. The molecule has 0 amide bonds. The van der Waals surface area contributed by atoms with Crippen LogP contribution in [0, 0.1) is 0 Å². The SMILES string of the molecule is Clc1ccccc1-c1cc(-c2ccccc2)c2oc3ccccc3c2n1. The molecule has 2 nitrogen and oxygen atoms in total. The second-order valence-corrected chi connectivity index (χ2v) is 6.58. The first-order valence-electron chi connectivity index (χ1n) is 8.44. The molecule has 2 aromatic heterocycles. The molecule has 0 saturated heterocycles. The molecule has 124 valence electrons. The van der Waals surface area contributed by atoms with Gasteiger partial charge in [0.05, 0.1) is 5.69 Å². The first-order chi connectivity index (χ1) is 12.8. The quantitative estimate of drug-likeness (QED) is 0.342. The highest BCUT2D eigenvalue weighted by Gasteiger charge is 2.17. The van der Waals surface area contributed by atoms with Crippen LogP contribution in [0.3, 0.4) is 0 Å². The topological polar surface area (TPSA) is 26.0 Å². The zero-order valence-electron chi connectivity index (χ0n) is 13.8. The molecule has 0 unspecified atom stereocenters. The Hall–Kier alpha value is -3.10. The zero-order chi connectivity index (χ0) is 17.5. The van der Waals surface area contributed by atoms with Crippen molar-refractivity contribution in [2.75, 3.05) is 0 Å². The van der Waals surface area contributed by atoms with Gasteiger partial charge in [0.25, 0.3) is 0 Å². The Balaban J connectivity index is 1.91. The van der Waals surface area contributed by atoms with Crippen LogP contribution in [0.15, 0.2) is 89.3 Å². The normalized spacial score (nSPS) is 11.3. The number of rotatable bonds is 2. The summed E-state index contributed by atoms with van der Waals surface area (Å²) in [5.41, 5.74) is 6.36. The third-order valence-electron chi connectivity index (χ3n) is 4.56. The fraction of sp³-hybridized carbons (Fsp3) is 0. The molecule has 5 aromatic rings. The van der Waals surface area contributed by atoms with E-state index in [4.69, 9.17) is 21.0 Å². The van der Waals surface area contributed by atoms with E-state index < -0.39 is 0 Å². The van der Waals surface area contributed by atoms with Gasteiger partial charge in [-0.3, -0.25) is 0 Å². The Kier molecular flexibility index (Phi) is 3.51. The van der Waals surface area contributed by atoms with Gasteiger partial charge in [-0.2, -0.15) is 0 Å². The van der Waals surface area contributed by atoms with Gasteiger partial charge >= 0.3 is 0 Å². The second-order valence-electron chi connectivity index (χ2n) is 6.18. The zero-order valence-corrected chi connectivity index (χ0v) is 14.6. The fourth-order valence-electron chi connectivity index (χ4n) is 3.32. The van der Waals surface area contributed by atoms with Gasteiger partial charge in [0.1, 0.15) is 11.1 Å². The van der Waals surface area contributed by atoms with Gasteiger partial charge in [-0.15, -0.1) is 0 Å². The highest BCUT2D eigenvalue weighted by atomic mass is 35.5. The van der Waals surface area contributed by atoms with Crippen LogP contribution in [0.2, 0.25) is 5.02 Å². The lowest BCUT2D eigenvalue weighted by molar-refractivity contribution is 0.669. The van der Waals surface area contributed by atoms with Crippen molar-refractivity contribution in [2.45, 2.75) is 0 Å². The van der Waals surface area contributed by atoms with Crippen molar-refractivity contribution in [3.05, 3.63) is 90.0 Å². The predicted molar refractivity (Wildman–Crippen MR) is 107 cm³/mol. The van der Waals surface area contributed by atoms with Crippen molar-refractivity contribution in [1.29, 1.82) is 0 Å². The molecule has 0 spiro atoms. The average Bonchev–Trinajstić information content (AvgIpc) is 3.07. The number of pyridine rings is 1. The highest BCUT2D eigenvalue weighted by Crippen LogP contribution is 2.38. The monoisotopic (exact) mass is 355 g/mol. The Morgan fingerprint density at radius 2 is 1.46 bits per heavy atom. The number of hydrogen-bond acceptors (Lipinski definition) is 2. The van der Waals surface area contributed by atoms with Crippen LogP contribution in [0.1, 0.15) is 0 Å². The van der Waals surface area contributed by atoms with Crippen molar-refractivity contribution in [1.82, 2.24) is 4.98 Å². The van der Waals surface area contributed by atoms with Gasteiger partial charge in [0, 0.05) is 21.5 Å². The first kappa shape index (κ1) is 15.2. The molecule has 5 rings (SSSR count). The van der Waals surface area contributed by atoms with E-state index in [0.717, 1.165) is 44.5 Å². The number of halogens is 1. The molecule has 0 radical (unpaired) electrons. The Morgan fingerprint density at radius 1 is 0.731 bits per heavy atom. The van der Waals surface area contributed by atoms with Gasteiger partial charge < -0.3 is 4.42 Å². The molecule has 0 atom stereocenters. The van der Waals surface area contributed by atoms with Crippen molar-refractivity contribution < 1.29 is 4.42 Å². The summed E-state index contributed by atoms with van der Waals surface area (Å²) in [6.45, 7) is 0. The standard InChI is InChI=1S/C23H14ClNO/c24-19-12-6-4-10-16(19)20-14-18(15-8-2-1-3-9-15)23-22(25-20)17-11-5-7-13-21(17)26-23/h1-14H. The van der Waals surface area contributed by atoms with E-state index in [9.17, 15) is 0 Å². The Labute approximate surface area is 155 Å². The fourth-order valence-corrected chi connectivity index (χ4v) is 3.55. The minimum absolute atomic E-state index is 0.686. The number of aromatic nitrogens is 1. The molecule has 0 saturated carbocycles. The number of furan rings is 1. The molecule has 3 aromatic carbocycles.